The molecule has 0 heterocycles. The van der Waals surface area contributed by atoms with E-state index >= 15 is 0 Å². The lowest BCUT2D eigenvalue weighted by molar-refractivity contribution is 0.00151. The molecule has 0 aromatic carbocycles. The molecule has 0 aliphatic rings. The highest BCUT2D eigenvalue weighted by Gasteiger charge is 2.36. The maximum atomic E-state index is 2.98. The highest BCUT2D eigenvalue weighted by atomic mass is 15.2. The van der Waals surface area contributed by atoms with Crippen molar-refractivity contribution < 1.29 is 0 Å². The molecule has 0 amide bonds. The Kier molecular flexibility index (Phi) is 29.6. The van der Waals surface area contributed by atoms with Crippen LogP contribution in [0.25, 0.3) is 0 Å². The zero-order chi connectivity index (χ0) is 31.2. The third-order valence-electron chi connectivity index (χ3n) is 10.2. The Morgan fingerprint density at radius 2 is 0.500 bits per heavy atom. The van der Waals surface area contributed by atoms with E-state index in [1.807, 2.05) is 0 Å². The van der Waals surface area contributed by atoms with Crippen LogP contribution in [0.5, 0.6) is 0 Å². The van der Waals surface area contributed by atoms with E-state index in [1.165, 1.54) is 206 Å². The maximum absolute atomic E-state index is 2.98. The number of nitrogens with zero attached hydrogens (tertiary/aromatic N) is 1. The molecule has 0 saturated carbocycles. The van der Waals surface area contributed by atoms with Gasteiger partial charge < -0.3 is 0 Å². The molecule has 0 N–H and O–H groups in total. The second-order valence-corrected chi connectivity index (χ2v) is 15.5. The number of hydrogen-bond donors (Lipinski definition) is 0. The van der Waals surface area contributed by atoms with Gasteiger partial charge in [0.2, 0.25) is 0 Å². The average Bonchev–Trinajstić information content (AvgIpc) is 2.95. The highest BCUT2D eigenvalue weighted by molar-refractivity contribution is 4.92. The first-order valence-electron chi connectivity index (χ1n) is 20.1. The van der Waals surface area contributed by atoms with Crippen LogP contribution in [0, 0.1) is 0 Å². The van der Waals surface area contributed by atoms with Crippen molar-refractivity contribution in [2.24, 2.45) is 0 Å². The molecule has 0 radical (unpaired) electrons. The molecule has 0 fully saturated rings. The number of hydrogen-bond acceptors (Lipinski definition) is 1. The van der Waals surface area contributed by atoms with Gasteiger partial charge in [0.05, 0.1) is 0 Å². The normalized spacial score (nSPS) is 12.6. The first kappa shape index (κ1) is 42.0. The molecule has 0 rings (SSSR count). The Morgan fingerprint density at radius 1 is 0.286 bits per heavy atom. The van der Waals surface area contributed by atoms with Gasteiger partial charge >= 0.3 is 0 Å². The minimum atomic E-state index is 0.308. The standard InChI is InChI=1S/C41H85N/c1-8-11-14-17-20-23-24-27-30-33-36-39-42(40(4,5)37-34-31-28-25-21-18-15-12-9-2)41(6,7)38-35-32-29-26-22-19-16-13-10-3/h8-39H2,1-7H3. The van der Waals surface area contributed by atoms with Gasteiger partial charge in [0.15, 0.2) is 0 Å². The van der Waals surface area contributed by atoms with E-state index < -0.39 is 0 Å². The fourth-order valence-electron chi connectivity index (χ4n) is 7.37. The molecule has 0 aromatic rings. The molecule has 42 heavy (non-hydrogen) atoms. The molecule has 1 nitrogen and oxygen atoms in total. The van der Waals surface area contributed by atoms with E-state index in [-0.39, 0.29) is 0 Å². The van der Waals surface area contributed by atoms with Crippen LogP contribution in [-0.4, -0.2) is 22.5 Å². The van der Waals surface area contributed by atoms with Crippen LogP contribution in [0.2, 0.25) is 0 Å². The summed E-state index contributed by atoms with van der Waals surface area (Å²) in [5.74, 6) is 0. The summed E-state index contributed by atoms with van der Waals surface area (Å²) in [5, 5.41) is 0. The summed E-state index contributed by atoms with van der Waals surface area (Å²) in [7, 11) is 0. The Morgan fingerprint density at radius 3 is 0.762 bits per heavy atom. The molecule has 0 unspecified atom stereocenters. The minimum absolute atomic E-state index is 0.308. The Balaban J connectivity index is 4.58. The van der Waals surface area contributed by atoms with Crippen molar-refractivity contribution in [1.29, 1.82) is 0 Å². The van der Waals surface area contributed by atoms with Crippen LogP contribution >= 0.6 is 0 Å². The van der Waals surface area contributed by atoms with Crippen LogP contribution in [0.15, 0.2) is 0 Å². The molecule has 0 spiro atoms. The molecule has 0 aromatic heterocycles. The summed E-state index contributed by atoms with van der Waals surface area (Å²) >= 11 is 0. The summed E-state index contributed by atoms with van der Waals surface area (Å²) in [6, 6.07) is 0. The molecule has 0 bridgehead atoms. The molecule has 0 aliphatic carbocycles. The Labute approximate surface area is 269 Å². The van der Waals surface area contributed by atoms with Gasteiger partial charge in [-0.25, -0.2) is 0 Å². The van der Waals surface area contributed by atoms with Gasteiger partial charge in [-0.15, -0.1) is 0 Å². The SMILES string of the molecule is CCCCCCCCCCCCCN(C(C)(C)CCCCCCCCCCC)C(C)(C)CCCCCCCCCCC. The second kappa shape index (κ2) is 29.7. The van der Waals surface area contributed by atoms with Crippen LogP contribution in [0.4, 0.5) is 0 Å². The van der Waals surface area contributed by atoms with Crippen molar-refractivity contribution in [3.05, 3.63) is 0 Å². The first-order valence-corrected chi connectivity index (χ1v) is 20.1. The predicted molar refractivity (Wildman–Crippen MR) is 195 cm³/mol. The lowest BCUT2D eigenvalue weighted by Crippen LogP contribution is -2.55. The topological polar surface area (TPSA) is 3.24 Å². The van der Waals surface area contributed by atoms with E-state index in [4.69, 9.17) is 0 Å². The Bertz CT molecular complexity index is 487. The van der Waals surface area contributed by atoms with E-state index in [0.29, 0.717) is 11.1 Å². The molecule has 254 valence electrons. The van der Waals surface area contributed by atoms with Crippen molar-refractivity contribution in [2.45, 2.75) is 259 Å². The van der Waals surface area contributed by atoms with E-state index in [1.54, 1.807) is 0 Å². The van der Waals surface area contributed by atoms with Crippen molar-refractivity contribution in [3.8, 4) is 0 Å². The fraction of sp³-hybridized carbons (Fsp3) is 1.00. The van der Waals surface area contributed by atoms with E-state index in [0.717, 1.165) is 0 Å². The third kappa shape index (κ3) is 25.3. The summed E-state index contributed by atoms with van der Waals surface area (Å²) in [4.78, 5) is 2.98. The highest BCUT2D eigenvalue weighted by Crippen LogP contribution is 2.34. The van der Waals surface area contributed by atoms with Crippen LogP contribution in [-0.2, 0) is 0 Å². The second-order valence-electron chi connectivity index (χ2n) is 15.5. The summed E-state index contributed by atoms with van der Waals surface area (Å²) in [5.41, 5.74) is 0.616. The first-order chi connectivity index (χ1) is 20.3. The number of rotatable bonds is 34. The fourth-order valence-corrected chi connectivity index (χ4v) is 7.37. The molecular formula is C41H85N. The van der Waals surface area contributed by atoms with Crippen molar-refractivity contribution in [3.63, 3.8) is 0 Å². The molecule has 1 heteroatoms. The van der Waals surface area contributed by atoms with Gasteiger partial charge in [-0.05, 0) is 53.5 Å². The van der Waals surface area contributed by atoms with Gasteiger partial charge in [0.25, 0.3) is 0 Å². The van der Waals surface area contributed by atoms with Crippen LogP contribution in [0.1, 0.15) is 248 Å². The van der Waals surface area contributed by atoms with E-state index in [2.05, 4.69) is 53.4 Å². The average molecular weight is 592 g/mol. The zero-order valence-electron chi connectivity index (χ0n) is 31.1. The molecule has 0 atom stereocenters. The lowest BCUT2D eigenvalue weighted by Gasteiger charge is -2.49. The molecule has 0 saturated heterocycles. The Hall–Kier alpha value is -0.0400. The molecule has 0 aliphatic heterocycles. The maximum Gasteiger partial charge on any atom is 0.0158 e. The largest absolute Gasteiger partial charge is 0.293 e. The van der Waals surface area contributed by atoms with Gasteiger partial charge in [0.1, 0.15) is 0 Å². The zero-order valence-corrected chi connectivity index (χ0v) is 31.1. The van der Waals surface area contributed by atoms with Crippen LogP contribution < -0.4 is 0 Å². The van der Waals surface area contributed by atoms with Crippen molar-refractivity contribution >= 4 is 0 Å². The lowest BCUT2D eigenvalue weighted by atomic mass is 9.85. The minimum Gasteiger partial charge on any atom is -0.293 e. The summed E-state index contributed by atoms with van der Waals surface area (Å²) in [6.45, 7) is 18.6. The quantitative estimate of drug-likeness (QED) is 0.0673. The predicted octanol–water partition coefficient (Wildman–Crippen LogP) is 15.0. The van der Waals surface area contributed by atoms with Gasteiger partial charge in [-0.1, -0.05) is 201 Å². The van der Waals surface area contributed by atoms with Gasteiger partial charge in [0, 0.05) is 11.1 Å². The summed E-state index contributed by atoms with van der Waals surface area (Å²) in [6.07, 6.45) is 44.3. The third-order valence-corrected chi connectivity index (χ3v) is 10.2. The number of unbranched alkanes of at least 4 members (excludes halogenated alkanes) is 26. The van der Waals surface area contributed by atoms with Crippen molar-refractivity contribution in [1.82, 2.24) is 4.90 Å². The smallest absolute Gasteiger partial charge is 0.0158 e. The monoisotopic (exact) mass is 592 g/mol. The van der Waals surface area contributed by atoms with Crippen molar-refractivity contribution in [2.75, 3.05) is 6.54 Å². The van der Waals surface area contributed by atoms with Gasteiger partial charge in [-0.3, -0.25) is 4.90 Å². The van der Waals surface area contributed by atoms with Gasteiger partial charge in [-0.2, -0.15) is 0 Å². The van der Waals surface area contributed by atoms with E-state index in [9.17, 15) is 0 Å². The molecular weight excluding hydrogens is 506 g/mol. The van der Waals surface area contributed by atoms with Crippen LogP contribution in [0.3, 0.4) is 0 Å². The summed E-state index contributed by atoms with van der Waals surface area (Å²) < 4.78 is 0.